The van der Waals surface area contributed by atoms with Crippen LogP contribution in [0, 0.1) is 24.5 Å². The van der Waals surface area contributed by atoms with Crippen LogP contribution < -0.4 is 4.90 Å². The van der Waals surface area contributed by atoms with Crippen LogP contribution in [-0.4, -0.2) is 55.0 Å². The number of nitrogens with zero attached hydrogens (tertiary/aromatic N) is 3. The van der Waals surface area contributed by atoms with Crippen molar-refractivity contribution in [1.82, 2.24) is 9.80 Å². The first-order valence-electron chi connectivity index (χ1n) is 12.9. The van der Waals surface area contributed by atoms with Gasteiger partial charge in [0.25, 0.3) is 0 Å². The summed E-state index contributed by atoms with van der Waals surface area (Å²) in [7, 11) is 0. The normalized spacial score (nSPS) is 20.8. The highest BCUT2D eigenvalue weighted by atomic mass is 35.5. The SMILES string of the molecule is Cc1cc(C2CC(C(=O)N3CCN(c4ccccc4F)CC3)CN(Cc3ccccc3Cl)C2)ccc1F. The molecule has 194 valence electrons. The molecular weight excluding hydrogens is 492 g/mol. The summed E-state index contributed by atoms with van der Waals surface area (Å²) in [4.78, 5) is 20.0. The number of likely N-dealkylation sites (tertiary alicyclic amines) is 1. The number of para-hydroxylation sites is 1. The Balaban J connectivity index is 1.32. The van der Waals surface area contributed by atoms with Gasteiger partial charge in [-0.25, -0.2) is 8.78 Å². The van der Waals surface area contributed by atoms with Gasteiger partial charge in [0.2, 0.25) is 5.91 Å². The van der Waals surface area contributed by atoms with Crippen molar-refractivity contribution in [3.05, 3.63) is 100 Å². The minimum absolute atomic E-state index is 0.115. The Labute approximate surface area is 222 Å². The lowest BCUT2D eigenvalue weighted by Crippen LogP contribution is -2.53. The van der Waals surface area contributed by atoms with Gasteiger partial charge < -0.3 is 9.80 Å². The standard InChI is InChI=1S/C30H32ClF2N3O/c1-21-16-22(10-11-27(21)32)24-17-25(20-34(19-24)18-23-6-2-3-7-26(23)31)30(37)36-14-12-35(13-15-36)29-9-5-4-8-28(29)33/h2-11,16,24-25H,12-15,17-20H2,1H3. The number of benzene rings is 3. The molecule has 0 radical (unpaired) electrons. The molecule has 4 nitrogen and oxygen atoms in total. The summed E-state index contributed by atoms with van der Waals surface area (Å²) >= 11 is 6.46. The summed E-state index contributed by atoms with van der Waals surface area (Å²) in [5.74, 6) is -0.369. The van der Waals surface area contributed by atoms with Crippen LogP contribution in [0.2, 0.25) is 5.02 Å². The molecule has 2 fully saturated rings. The molecule has 0 aromatic heterocycles. The molecule has 0 saturated carbocycles. The average molecular weight is 524 g/mol. The van der Waals surface area contributed by atoms with E-state index in [0.29, 0.717) is 50.5 Å². The number of rotatable bonds is 5. The number of amides is 1. The Bertz CT molecular complexity index is 1260. The van der Waals surface area contributed by atoms with Gasteiger partial charge in [0.15, 0.2) is 0 Å². The smallest absolute Gasteiger partial charge is 0.227 e. The van der Waals surface area contributed by atoms with Gasteiger partial charge in [-0.2, -0.15) is 0 Å². The van der Waals surface area contributed by atoms with E-state index in [-0.39, 0.29) is 29.4 Å². The van der Waals surface area contributed by atoms with Gasteiger partial charge >= 0.3 is 0 Å². The van der Waals surface area contributed by atoms with Crippen LogP contribution in [0.1, 0.15) is 29.0 Å². The van der Waals surface area contributed by atoms with Crippen molar-refractivity contribution in [3.63, 3.8) is 0 Å². The van der Waals surface area contributed by atoms with Crippen LogP contribution in [0.4, 0.5) is 14.5 Å². The molecule has 2 atom stereocenters. The van der Waals surface area contributed by atoms with Crippen molar-refractivity contribution in [2.24, 2.45) is 5.92 Å². The first kappa shape index (κ1) is 25.7. The fourth-order valence-corrected chi connectivity index (χ4v) is 5.86. The van der Waals surface area contributed by atoms with E-state index in [4.69, 9.17) is 11.6 Å². The van der Waals surface area contributed by atoms with Crippen LogP contribution in [-0.2, 0) is 11.3 Å². The molecule has 0 spiro atoms. The predicted octanol–water partition coefficient (Wildman–Crippen LogP) is 5.88. The lowest BCUT2D eigenvalue weighted by molar-refractivity contribution is -0.138. The Kier molecular flexibility index (Phi) is 7.77. The van der Waals surface area contributed by atoms with Crippen LogP contribution in [0.25, 0.3) is 0 Å². The Morgan fingerprint density at radius 2 is 1.65 bits per heavy atom. The molecule has 5 rings (SSSR count). The van der Waals surface area contributed by atoms with E-state index in [1.54, 1.807) is 19.1 Å². The zero-order chi connectivity index (χ0) is 25.9. The second-order valence-corrected chi connectivity index (χ2v) is 10.6. The maximum Gasteiger partial charge on any atom is 0.227 e. The van der Waals surface area contributed by atoms with Gasteiger partial charge in [-0.1, -0.05) is 54.1 Å². The third-order valence-electron chi connectivity index (χ3n) is 7.67. The molecule has 0 aliphatic carbocycles. The number of piperidine rings is 1. The van der Waals surface area contributed by atoms with Gasteiger partial charge in [0, 0.05) is 50.8 Å². The average Bonchev–Trinajstić information content (AvgIpc) is 2.91. The Morgan fingerprint density at radius 3 is 2.38 bits per heavy atom. The molecule has 37 heavy (non-hydrogen) atoms. The Hall–Kier alpha value is -2.96. The van der Waals surface area contributed by atoms with Crippen molar-refractivity contribution in [2.45, 2.75) is 25.8 Å². The van der Waals surface area contributed by atoms with Gasteiger partial charge in [0.1, 0.15) is 11.6 Å². The quantitative estimate of drug-likeness (QED) is 0.418. The fourth-order valence-electron chi connectivity index (χ4n) is 5.66. The molecule has 2 saturated heterocycles. The maximum absolute atomic E-state index is 14.3. The summed E-state index contributed by atoms with van der Waals surface area (Å²) in [6, 6.07) is 19.9. The maximum atomic E-state index is 14.3. The van der Waals surface area contributed by atoms with E-state index >= 15 is 0 Å². The number of carbonyl (C=O) groups is 1. The molecule has 2 unspecified atom stereocenters. The highest BCUT2D eigenvalue weighted by Crippen LogP contribution is 2.34. The van der Waals surface area contributed by atoms with E-state index in [2.05, 4.69) is 4.90 Å². The number of carbonyl (C=O) groups excluding carboxylic acids is 1. The summed E-state index contributed by atoms with van der Waals surface area (Å²) in [5.41, 5.74) is 3.30. The van der Waals surface area contributed by atoms with Crippen LogP contribution >= 0.6 is 11.6 Å². The number of anilines is 1. The van der Waals surface area contributed by atoms with E-state index in [1.165, 1.54) is 12.1 Å². The van der Waals surface area contributed by atoms with Gasteiger partial charge in [-0.05, 0) is 60.2 Å². The zero-order valence-corrected chi connectivity index (χ0v) is 21.8. The summed E-state index contributed by atoms with van der Waals surface area (Å²) in [5, 5.41) is 0.717. The van der Waals surface area contributed by atoms with E-state index in [1.807, 2.05) is 52.3 Å². The van der Waals surface area contributed by atoms with Crippen LogP contribution in [0.5, 0.6) is 0 Å². The molecular formula is C30H32ClF2N3O. The second-order valence-electron chi connectivity index (χ2n) is 10.2. The fraction of sp³-hybridized carbons (Fsp3) is 0.367. The van der Waals surface area contributed by atoms with Gasteiger partial charge in [-0.3, -0.25) is 9.69 Å². The van der Waals surface area contributed by atoms with Crippen molar-refractivity contribution in [3.8, 4) is 0 Å². The predicted molar refractivity (Wildman–Crippen MR) is 144 cm³/mol. The first-order chi connectivity index (χ1) is 17.9. The third-order valence-corrected chi connectivity index (χ3v) is 8.03. The molecule has 2 heterocycles. The lowest BCUT2D eigenvalue weighted by Gasteiger charge is -2.42. The van der Waals surface area contributed by atoms with Crippen LogP contribution in [0.15, 0.2) is 66.7 Å². The van der Waals surface area contributed by atoms with Crippen molar-refractivity contribution < 1.29 is 13.6 Å². The van der Waals surface area contributed by atoms with Gasteiger partial charge in [-0.15, -0.1) is 0 Å². The minimum Gasteiger partial charge on any atom is -0.366 e. The van der Waals surface area contributed by atoms with Gasteiger partial charge in [0.05, 0.1) is 11.6 Å². The van der Waals surface area contributed by atoms with Crippen molar-refractivity contribution in [2.75, 3.05) is 44.2 Å². The number of aryl methyl sites for hydroxylation is 1. The molecule has 2 aliphatic heterocycles. The summed E-state index contributed by atoms with van der Waals surface area (Å²) < 4.78 is 28.3. The van der Waals surface area contributed by atoms with Crippen LogP contribution in [0.3, 0.4) is 0 Å². The third kappa shape index (κ3) is 5.81. The topological polar surface area (TPSA) is 26.8 Å². The second kappa shape index (κ2) is 11.2. The lowest BCUT2D eigenvalue weighted by atomic mass is 9.83. The zero-order valence-electron chi connectivity index (χ0n) is 21.0. The van der Waals surface area contributed by atoms with E-state index < -0.39 is 0 Å². The highest BCUT2D eigenvalue weighted by Gasteiger charge is 2.36. The van der Waals surface area contributed by atoms with Crippen molar-refractivity contribution in [1.29, 1.82) is 0 Å². The number of halogens is 3. The molecule has 2 aliphatic rings. The Morgan fingerprint density at radius 1 is 0.919 bits per heavy atom. The largest absolute Gasteiger partial charge is 0.366 e. The number of hydrogen-bond acceptors (Lipinski definition) is 3. The molecule has 7 heteroatoms. The molecule has 3 aromatic rings. The summed E-state index contributed by atoms with van der Waals surface area (Å²) in [6.45, 7) is 6.19. The monoisotopic (exact) mass is 523 g/mol. The molecule has 3 aromatic carbocycles. The first-order valence-corrected chi connectivity index (χ1v) is 13.3. The van der Waals surface area contributed by atoms with E-state index in [0.717, 1.165) is 29.1 Å². The molecule has 0 bridgehead atoms. The number of hydrogen-bond donors (Lipinski definition) is 0. The number of piperazine rings is 1. The van der Waals surface area contributed by atoms with Crippen molar-refractivity contribution >= 4 is 23.2 Å². The summed E-state index contributed by atoms with van der Waals surface area (Å²) in [6.07, 6.45) is 0.719. The van der Waals surface area contributed by atoms with E-state index in [9.17, 15) is 13.6 Å². The minimum atomic E-state index is -0.234. The molecule has 0 N–H and O–H groups in total. The highest BCUT2D eigenvalue weighted by molar-refractivity contribution is 6.31. The molecule has 1 amide bonds.